The van der Waals surface area contributed by atoms with Gasteiger partial charge in [0, 0.05) is 80.8 Å². The van der Waals surface area contributed by atoms with Gasteiger partial charge in [-0.1, -0.05) is 265 Å². The Morgan fingerprint density at radius 1 is 0.212 bits per heavy atom. The molecule has 4 aromatic carbocycles. The summed E-state index contributed by atoms with van der Waals surface area (Å²) in [4.78, 5) is 0. The van der Waals surface area contributed by atoms with Crippen molar-refractivity contribution in [2.24, 2.45) is 0 Å². The molecule has 8 N–H and O–H groups in total. The van der Waals surface area contributed by atoms with Gasteiger partial charge in [-0.2, -0.15) is 0 Å². The number of hydrogen-bond acceptors (Lipinski definition) is 8. The SMILES string of the molecule is CCCCCCCCCCCC1c2cc(O)c(O)c(c2)C(CCCCCCCCCCC)c2cc(c(O)cc2O)C(CCCCCCCCCCC)c2cc(c(O)cc2O)C(CCCCCCCCCCC)c2cc1c(O)cc2O. The summed E-state index contributed by atoms with van der Waals surface area (Å²) in [5.74, 6) is -3.17. The maximum Gasteiger partial charge on any atom is 0.161 e. The molecular weight excluding hydrogens is 993 g/mol. The fraction of sp³-hybridized carbons (Fsp3) is 0.667. The topological polar surface area (TPSA) is 162 Å². The Hall–Kier alpha value is -4.72. The van der Waals surface area contributed by atoms with Crippen LogP contribution >= 0.6 is 0 Å². The molecule has 0 heterocycles. The van der Waals surface area contributed by atoms with Crippen molar-refractivity contribution in [2.75, 3.05) is 0 Å². The number of phenolic OH excluding ortho intramolecular Hbond substituents is 8. The third-order valence-corrected chi connectivity index (χ3v) is 18.1. The molecule has 0 spiro atoms. The summed E-state index contributed by atoms with van der Waals surface area (Å²) in [6.45, 7) is 8.95. The van der Waals surface area contributed by atoms with Crippen LogP contribution < -0.4 is 0 Å². The van der Waals surface area contributed by atoms with E-state index in [1.807, 2.05) is 24.3 Å². The predicted octanol–water partition coefficient (Wildman–Crippen LogP) is 21.9. The number of fused-ring (bicyclic) bond motifs is 8. The molecule has 0 aliphatic heterocycles. The van der Waals surface area contributed by atoms with Crippen LogP contribution in [0.15, 0.2) is 48.5 Å². The van der Waals surface area contributed by atoms with Crippen molar-refractivity contribution in [1.29, 1.82) is 0 Å². The number of unbranched alkanes of at least 4 members (excludes halogenated alkanes) is 32. The second-order valence-electron chi connectivity index (χ2n) is 24.6. The Balaban J connectivity index is 1.69. The lowest BCUT2D eigenvalue weighted by Crippen LogP contribution is -2.11. The average molecular weight is 1110 g/mol. The van der Waals surface area contributed by atoms with Crippen LogP contribution in [0.1, 0.15) is 353 Å². The minimum Gasteiger partial charge on any atom is -0.508 e. The highest BCUT2D eigenvalue weighted by atomic mass is 16.3. The summed E-state index contributed by atoms with van der Waals surface area (Å²) >= 11 is 0. The highest BCUT2D eigenvalue weighted by Crippen LogP contribution is 2.52. The number of aromatic hydroxyl groups is 8. The molecule has 4 unspecified atom stereocenters. The fourth-order valence-corrected chi connectivity index (χ4v) is 13.2. The second-order valence-corrected chi connectivity index (χ2v) is 24.6. The minimum atomic E-state index is -0.590. The highest BCUT2D eigenvalue weighted by molar-refractivity contribution is 5.62. The molecule has 0 radical (unpaired) electrons. The van der Waals surface area contributed by atoms with Crippen molar-refractivity contribution in [2.45, 2.75) is 308 Å². The van der Waals surface area contributed by atoms with E-state index in [2.05, 4.69) is 27.7 Å². The van der Waals surface area contributed by atoms with Gasteiger partial charge in [-0.15, -0.1) is 0 Å². The maximum absolute atomic E-state index is 12.2. The monoisotopic (exact) mass is 1100 g/mol. The summed E-state index contributed by atoms with van der Waals surface area (Å²) in [6, 6.07) is 13.6. The van der Waals surface area contributed by atoms with E-state index >= 15 is 0 Å². The molecule has 1 aliphatic rings. The van der Waals surface area contributed by atoms with E-state index in [1.165, 1.54) is 147 Å². The van der Waals surface area contributed by atoms with E-state index < -0.39 is 23.7 Å². The van der Waals surface area contributed by atoms with Crippen LogP contribution in [0.5, 0.6) is 46.0 Å². The average Bonchev–Trinajstić information content (AvgIpc) is 3.45. The highest BCUT2D eigenvalue weighted by Gasteiger charge is 2.33. The first-order valence-electron chi connectivity index (χ1n) is 33.2. The van der Waals surface area contributed by atoms with Crippen molar-refractivity contribution in [3.8, 4) is 46.0 Å². The van der Waals surface area contributed by atoms with E-state index in [1.54, 1.807) is 6.07 Å². The first-order chi connectivity index (χ1) is 38.9. The maximum atomic E-state index is 12.2. The van der Waals surface area contributed by atoms with Gasteiger partial charge in [0.1, 0.15) is 34.5 Å². The van der Waals surface area contributed by atoms with E-state index in [9.17, 15) is 40.9 Å². The minimum absolute atomic E-state index is 0.0621. The van der Waals surface area contributed by atoms with Gasteiger partial charge in [0.25, 0.3) is 0 Å². The molecule has 0 fully saturated rings. The predicted molar refractivity (Wildman–Crippen MR) is 334 cm³/mol. The number of phenols is 8. The summed E-state index contributed by atoms with van der Waals surface area (Å²) < 4.78 is 0. The Labute approximate surface area is 485 Å². The normalized spacial score (nSPS) is 16.1. The third-order valence-electron chi connectivity index (χ3n) is 18.1. The lowest BCUT2D eigenvalue weighted by Gasteiger charge is -2.29. The number of hydrogen-bond donors (Lipinski definition) is 8. The van der Waals surface area contributed by atoms with Crippen LogP contribution in [0.3, 0.4) is 0 Å². The zero-order chi connectivity index (χ0) is 57.5. The molecule has 4 atom stereocenters. The van der Waals surface area contributed by atoms with Crippen molar-refractivity contribution < 1.29 is 40.9 Å². The van der Waals surface area contributed by atoms with E-state index in [0.29, 0.717) is 64.6 Å². The summed E-state index contributed by atoms with van der Waals surface area (Å²) in [5, 5.41) is 96.9. The molecule has 0 saturated carbocycles. The van der Waals surface area contributed by atoms with Crippen LogP contribution in [0, 0.1) is 0 Å². The smallest absolute Gasteiger partial charge is 0.161 e. The van der Waals surface area contributed by atoms with Gasteiger partial charge in [0.05, 0.1) is 0 Å². The van der Waals surface area contributed by atoms with Gasteiger partial charge in [-0.3, -0.25) is 0 Å². The largest absolute Gasteiger partial charge is 0.508 e. The Kier molecular flexibility index (Phi) is 30.9. The van der Waals surface area contributed by atoms with Crippen LogP contribution in [-0.4, -0.2) is 40.9 Å². The fourth-order valence-electron chi connectivity index (χ4n) is 13.2. The molecule has 8 heteroatoms. The Morgan fingerprint density at radius 2 is 0.425 bits per heavy atom. The van der Waals surface area contributed by atoms with Gasteiger partial charge >= 0.3 is 0 Å². The van der Waals surface area contributed by atoms with Gasteiger partial charge < -0.3 is 40.9 Å². The second kappa shape index (κ2) is 37.4. The quantitative estimate of drug-likeness (QED) is 0.0161. The van der Waals surface area contributed by atoms with Crippen LogP contribution in [-0.2, 0) is 0 Å². The molecule has 80 heavy (non-hydrogen) atoms. The molecule has 448 valence electrons. The van der Waals surface area contributed by atoms with Crippen molar-refractivity contribution in [3.63, 3.8) is 0 Å². The van der Waals surface area contributed by atoms with E-state index in [-0.39, 0.29) is 46.0 Å². The number of rotatable bonds is 40. The van der Waals surface area contributed by atoms with E-state index in [4.69, 9.17) is 0 Å². The Morgan fingerprint density at radius 3 is 0.688 bits per heavy atom. The molecule has 0 saturated heterocycles. The zero-order valence-corrected chi connectivity index (χ0v) is 50.8. The zero-order valence-electron chi connectivity index (χ0n) is 50.8. The van der Waals surface area contributed by atoms with Crippen molar-refractivity contribution >= 4 is 0 Å². The lowest BCUT2D eigenvalue weighted by molar-refractivity contribution is 0.392. The van der Waals surface area contributed by atoms with Gasteiger partial charge in [0.15, 0.2) is 11.5 Å². The van der Waals surface area contributed by atoms with Gasteiger partial charge in [0.2, 0.25) is 0 Å². The summed E-state index contributed by atoms with van der Waals surface area (Å²) in [6.07, 6.45) is 43.1. The summed E-state index contributed by atoms with van der Waals surface area (Å²) in [7, 11) is 0. The van der Waals surface area contributed by atoms with Gasteiger partial charge in [-0.05, 0) is 55.5 Å². The number of benzene rings is 4. The molecule has 8 bridgehead atoms. The van der Waals surface area contributed by atoms with Crippen molar-refractivity contribution in [1.82, 2.24) is 0 Å². The van der Waals surface area contributed by atoms with Crippen LogP contribution in [0.4, 0.5) is 0 Å². The van der Waals surface area contributed by atoms with E-state index in [0.717, 1.165) is 108 Å². The standard InChI is InChI=1S/C72H112O8/c1-5-9-13-17-21-25-29-33-37-41-54-53-45-64(72(80)71(79)46-53)57(44-40-36-32-28-24-20-16-12-8-4)63-49-62(69(77)52-70(63)78)56(43-39-35-31-27-23-19-15-11-7-3)61-48-60(67(75)51-68(61)76)55(59-47-58(54)65(73)50-66(59)74)42-38-34-30-26-22-18-14-10-6-2/h45-52,54-57,73-80H,5-44H2,1-4H3. The Bertz CT molecular complexity index is 2350. The van der Waals surface area contributed by atoms with Crippen molar-refractivity contribution in [3.05, 3.63) is 93.0 Å². The van der Waals surface area contributed by atoms with Crippen LogP contribution in [0.25, 0.3) is 0 Å². The summed E-state index contributed by atoms with van der Waals surface area (Å²) in [5.41, 5.74) is 4.56. The molecule has 5 rings (SSSR count). The molecule has 4 aromatic rings. The first kappa shape index (κ1) is 66.1. The van der Waals surface area contributed by atoms with Crippen LogP contribution in [0.2, 0.25) is 0 Å². The first-order valence-corrected chi connectivity index (χ1v) is 33.2. The molecule has 1 aliphatic carbocycles. The molecule has 0 aromatic heterocycles. The molecular formula is C72H112O8. The molecule has 0 amide bonds. The lowest BCUT2D eigenvalue weighted by atomic mass is 9.76. The third kappa shape index (κ3) is 20.9. The molecule has 8 nitrogen and oxygen atoms in total. The van der Waals surface area contributed by atoms with Gasteiger partial charge in [-0.25, -0.2) is 0 Å².